The van der Waals surface area contributed by atoms with Crippen molar-refractivity contribution in [2.75, 3.05) is 40.1 Å². The first-order chi connectivity index (χ1) is 6.86. The normalized spacial score (nSPS) is 33.9. The number of hydrogen-bond donors (Lipinski definition) is 1. The van der Waals surface area contributed by atoms with Crippen molar-refractivity contribution in [2.45, 2.75) is 25.0 Å². The fraction of sp³-hybridized carbons (Fsp3) is 1.00. The average molecular weight is 200 g/mol. The molecule has 0 aliphatic carbocycles. The fourth-order valence-corrected chi connectivity index (χ4v) is 2.13. The molecule has 2 unspecified atom stereocenters. The van der Waals surface area contributed by atoms with Crippen LogP contribution in [0.25, 0.3) is 0 Å². The molecule has 0 bridgehead atoms. The van der Waals surface area contributed by atoms with Gasteiger partial charge in [-0.25, -0.2) is 0 Å². The van der Waals surface area contributed by atoms with Gasteiger partial charge in [-0.1, -0.05) is 0 Å². The molecule has 2 saturated heterocycles. The quantitative estimate of drug-likeness (QED) is 0.697. The third-order valence-corrected chi connectivity index (χ3v) is 3.12. The third-order valence-electron chi connectivity index (χ3n) is 3.12. The van der Waals surface area contributed by atoms with E-state index in [0.717, 1.165) is 32.7 Å². The van der Waals surface area contributed by atoms with Crippen molar-refractivity contribution in [3.05, 3.63) is 0 Å². The summed E-state index contributed by atoms with van der Waals surface area (Å²) >= 11 is 0. The maximum Gasteiger partial charge on any atom is 0.147 e. The van der Waals surface area contributed by atoms with Gasteiger partial charge in [-0.2, -0.15) is 0 Å². The van der Waals surface area contributed by atoms with Crippen LogP contribution in [0.3, 0.4) is 0 Å². The van der Waals surface area contributed by atoms with Crippen LogP contribution in [-0.4, -0.2) is 57.1 Å². The highest BCUT2D eigenvalue weighted by Gasteiger charge is 2.23. The molecule has 4 heteroatoms. The lowest BCUT2D eigenvalue weighted by atomic mass is 10.2. The zero-order chi connectivity index (χ0) is 9.80. The van der Waals surface area contributed by atoms with Gasteiger partial charge in [0.1, 0.15) is 6.79 Å². The number of nitrogens with one attached hydrogen (secondary N) is 1. The minimum absolute atomic E-state index is 0.370. The Hall–Kier alpha value is -0.160. The molecule has 0 aromatic rings. The van der Waals surface area contributed by atoms with Gasteiger partial charge in [-0.05, 0) is 26.4 Å². The summed E-state index contributed by atoms with van der Waals surface area (Å²) in [4.78, 5) is 2.41. The molecule has 4 nitrogen and oxygen atoms in total. The molecule has 14 heavy (non-hydrogen) atoms. The van der Waals surface area contributed by atoms with Crippen LogP contribution in [0, 0.1) is 0 Å². The number of rotatable bonds is 3. The van der Waals surface area contributed by atoms with Crippen molar-refractivity contribution in [1.82, 2.24) is 10.2 Å². The molecule has 0 spiro atoms. The molecule has 2 heterocycles. The standard InChI is InChI=1S/C10H20N2O2/c1-12(9-2-4-11-6-9)7-10-3-5-13-8-14-10/h9-11H,2-8H2,1H3. The Morgan fingerprint density at radius 3 is 3.00 bits per heavy atom. The van der Waals surface area contributed by atoms with Crippen molar-refractivity contribution in [3.8, 4) is 0 Å². The van der Waals surface area contributed by atoms with Crippen LogP contribution in [0.2, 0.25) is 0 Å². The largest absolute Gasteiger partial charge is 0.355 e. The molecule has 2 aliphatic rings. The van der Waals surface area contributed by atoms with E-state index in [1.807, 2.05) is 0 Å². The van der Waals surface area contributed by atoms with Gasteiger partial charge < -0.3 is 14.8 Å². The van der Waals surface area contributed by atoms with E-state index in [1.165, 1.54) is 6.42 Å². The van der Waals surface area contributed by atoms with E-state index in [1.54, 1.807) is 0 Å². The summed E-state index contributed by atoms with van der Waals surface area (Å²) in [5.41, 5.74) is 0. The van der Waals surface area contributed by atoms with Crippen molar-refractivity contribution in [2.24, 2.45) is 0 Å². The zero-order valence-corrected chi connectivity index (χ0v) is 8.87. The van der Waals surface area contributed by atoms with Crippen molar-refractivity contribution < 1.29 is 9.47 Å². The Labute approximate surface area is 85.5 Å². The summed E-state index contributed by atoms with van der Waals surface area (Å²) in [7, 11) is 2.19. The summed E-state index contributed by atoms with van der Waals surface area (Å²) in [6, 6.07) is 0.696. The smallest absolute Gasteiger partial charge is 0.147 e. The number of nitrogens with zero attached hydrogens (tertiary/aromatic N) is 1. The lowest BCUT2D eigenvalue weighted by molar-refractivity contribution is -0.144. The van der Waals surface area contributed by atoms with Crippen molar-refractivity contribution >= 4 is 0 Å². The molecule has 2 atom stereocenters. The molecular formula is C10H20N2O2. The van der Waals surface area contributed by atoms with Gasteiger partial charge in [0, 0.05) is 19.1 Å². The maximum absolute atomic E-state index is 5.52. The molecule has 82 valence electrons. The van der Waals surface area contributed by atoms with Crippen molar-refractivity contribution in [1.29, 1.82) is 0 Å². The van der Waals surface area contributed by atoms with Crippen LogP contribution in [0.5, 0.6) is 0 Å². The predicted molar refractivity (Wildman–Crippen MR) is 54.2 cm³/mol. The maximum atomic E-state index is 5.52. The number of hydrogen-bond acceptors (Lipinski definition) is 4. The monoisotopic (exact) mass is 200 g/mol. The van der Waals surface area contributed by atoms with Gasteiger partial charge in [0.25, 0.3) is 0 Å². The lowest BCUT2D eigenvalue weighted by Crippen LogP contribution is -2.41. The van der Waals surface area contributed by atoms with E-state index in [-0.39, 0.29) is 0 Å². The fourth-order valence-electron chi connectivity index (χ4n) is 2.13. The summed E-state index contributed by atoms with van der Waals surface area (Å²) in [5.74, 6) is 0. The molecule has 1 N–H and O–H groups in total. The minimum Gasteiger partial charge on any atom is -0.355 e. The van der Waals surface area contributed by atoms with Crippen LogP contribution in [0.1, 0.15) is 12.8 Å². The molecule has 0 amide bonds. The summed E-state index contributed by atoms with van der Waals surface area (Å²) in [6.07, 6.45) is 2.67. The SMILES string of the molecule is CN(CC1CCOCO1)C1CCNC1. The van der Waals surface area contributed by atoms with E-state index >= 15 is 0 Å². The predicted octanol–water partition coefficient (Wildman–Crippen LogP) is 0.0431. The second-order valence-corrected chi connectivity index (χ2v) is 4.19. The van der Waals surface area contributed by atoms with E-state index in [0.29, 0.717) is 18.9 Å². The third kappa shape index (κ3) is 2.67. The van der Waals surface area contributed by atoms with E-state index in [2.05, 4.69) is 17.3 Å². The van der Waals surface area contributed by atoms with Gasteiger partial charge in [0.2, 0.25) is 0 Å². The molecule has 2 rings (SSSR count). The number of ether oxygens (including phenoxy) is 2. The summed E-state index contributed by atoms with van der Waals surface area (Å²) in [6.45, 7) is 4.64. The lowest BCUT2D eigenvalue weighted by Gasteiger charge is -2.30. The Morgan fingerprint density at radius 1 is 1.43 bits per heavy atom. The second-order valence-electron chi connectivity index (χ2n) is 4.19. The van der Waals surface area contributed by atoms with Gasteiger partial charge in [-0.3, -0.25) is 4.90 Å². The zero-order valence-electron chi connectivity index (χ0n) is 8.87. The molecule has 0 saturated carbocycles. The first-order valence-electron chi connectivity index (χ1n) is 5.46. The van der Waals surface area contributed by atoms with Crippen LogP contribution >= 0.6 is 0 Å². The minimum atomic E-state index is 0.370. The summed E-state index contributed by atoms with van der Waals surface area (Å²) < 4.78 is 10.7. The molecule has 0 aromatic heterocycles. The summed E-state index contributed by atoms with van der Waals surface area (Å²) in [5, 5.41) is 3.38. The Balaban J connectivity index is 1.72. The van der Waals surface area contributed by atoms with Crippen LogP contribution < -0.4 is 5.32 Å². The van der Waals surface area contributed by atoms with Crippen LogP contribution in [-0.2, 0) is 9.47 Å². The average Bonchev–Trinajstić information content (AvgIpc) is 2.72. The highest BCUT2D eigenvalue weighted by molar-refractivity contribution is 4.80. The van der Waals surface area contributed by atoms with Gasteiger partial charge in [-0.15, -0.1) is 0 Å². The first-order valence-corrected chi connectivity index (χ1v) is 5.46. The Bertz CT molecular complexity index is 166. The highest BCUT2D eigenvalue weighted by atomic mass is 16.7. The molecule has 2 fully saturated rings. The first kappa shape index (κ1) is 10.4. The Kier molecular flexibility index (Phi) is 3.75. The van der Waals surface area contributed by atoms with Gasteiger partial charge in [0.15, 0.2) is 0 Å². The van der Waals surface area contributed by atoms with Gasteiger partial charge in [0.05, 0.1) is 12.7 Å². The molecule has 0 aromatic carbocycles. The van der Waals surface area contributed by atoms with Crippen LogP contribution in [0.15, 0.2) is 0 Å². The highest BCUT2D eigenvalue weighted by Crippen LogP contribution is 2.11. The Morgan fingerprint density at radius 2 is 2.36 bits per heavy atom. The number of likely N-dealkylation sites (N-methyl/N-ethyl adjacent to an activating group) is 1. The van der Waals surface area contributed by atoms with E-state index < -0.39 is 0 Å². The van der Waals surface area contributed by atoms with Gasteiger partial charge >= 0.3 is 0 Å². The van der Waals surface area contributed by atoms with E-state index in [4.69, 9.17) is 9.47 Å². The van der Waals surface area contributed by atoms with Crippen molar-refractivity contribution in [3.63, 3.8) is 0 Å². The van der Waals surface area contributed by atoms with E-state index in [9.17, 15) is 0 Å². The molecule has 0 radical (unpaired) electrons. The molecular weight excluding hydrogens is 180 g/mol. The molecule has 2 aliphatic heterocycles. The van der Waals surface area contributed by atoms with Crippen LogP contribution in [0.4, 0.5) is 0 Å². The second kappa shape index (κ2) is 5.07. The topological polar surface area (TPSA) is 33.7 Å².